The first kappa shape index (κ1) is 6.60. The molecule has 0 aliphatic heterocycles. The molecular formula is C9H14. The summed E-state index contributed by atoms with van der Waals surface area (Å²) < 4.78 is 0. The molecule has 0 aromatic heterocycles. The molecule has 2 aliphatic carbocycles. The van der Waals surface area contributed by atoms with Gasteiger partial charge in [0.1, 0.15) is 0 Å². The molecule has 0 atom stereocenters. The van der Waals surface area contributed by atoms with E-state index in [9.17, 15) is 0 Å². The fraction of sp³-hybridized carbons (Fsp3) is 0.556. The molecule has 0 N–H and O–H groups in total. The van der Waals surface area contributed by atoms with Gasteiger partial charge in [-0.1, -0.05) is 24.3 Å². The van der Waals surface area contributed by atoms with Crippen LogP contribution in [0.3, 0.4) is 0 Å². The van der Waals surface area contributed by atoms with Crippen molar-refractivity contribution in [1.29, 1.82) is 0 Å². The summed E-state index contributed by atoms with van der Waals surface area (Å²) in [4.78, 5) is 0. The second-order valence-corrected chi connectivity index (χ2v) is 2.45. The summed E-state index contributed by atoms with van der Waals surface area (Å²) in [5.41, 5.74) is 0. The molecule has 0 aromatic carbocycles. The van der Waals surface area contributed by atoms with Gasteiger partial charge in [-0.3, -0.25) is 0 Å². The first-order chi connectivity index (χ1) is 4.50. The fourth-order valence-electron chi connectivity index (χ4n) is 0.756. The number of rotatable bonds is 0. The van der Waals surface area contributed by atoms with Crippen molar-refractivity contribution >= 4 is 0 Å². The number of allylic oxidation sites excluding steroid dienone is 4. The second kappa shape index (κ2) is 4.37. The maximum absolute atomic E-state index is 2.24. The van der Waals surface area contributed by atoms with Gasteiger partial charge in [0.05, 0.1) is 0 Å². The molecule has 0 spiro atoms. The van der Waals surface area contributed by atoms with Crippen LogP contribution in [0, 0.1) is 0 Å². The third kappa shape index (κ3) is 3.12. The smallest absolute Gasteiger partial charge is 0.0316 e. The average molecular weight is 122 g/mol. The van der Waals surface area contributed by atoms with E-state index in [1.807, 2.05) is 0 Å². The van der Waals surface area contributed by atoms with Crippen LogP contribution in [0.25, 0.3) is 0 Å². The van der Waals surface area contributed by atoms with Gasteiger partial charge in [0.2, 0.25) is 0 Å². The lowest BCUT2D eigenvalue weighted by Crippen LogP contribution is -1.71. The Morgan fingerprint density at radius 1 is 0.556 bits per heavy atom. The van der Waals surface area contributed by atoms with E-state index >= 15 is 0 Å². The standard InChI is InChI=1S/C5H8.C4H6/c1-2-4-5-3-1;1-2-4-3-1/h1-2H,3-5H2;1-2H,3-4H2. The average Bonchev–Trinajstić information content (AvgIpc) is 2.07. The molecule has 0 saturated heterocycles. The molecule has 0 fully saturated rings. The number of hydrogen-bond donors (Lipinski definition) is 0. The minimum atomic E-state index is 1.32. The molecule has 0 amide bonds. The van der Waals surface area contributed by atoms with E-state index in [0.29, 0.717) is 0 Å². The summed E-state index contributed by atoms with van der Waals surface area (Å²) in [6.07, 6.45) is 15.5. The highest BCUT2D eigenvalue weighted by Gasteiger charge is 1.84. The zero-order chi connectivity index (χ0) is 6.36. The lowest BCUT2D eigenvalue weighted by Gasteiger charge is -1.92. The molecule has 0 nitrogen and oxygen atoms in total. The fourth-order valence-corrected chi connectivity index (χ4v) is 0.756. The maximum Gasteiger partial charge on any atom is -0.0316 e. The van der Waals surface area contributed by atoms with Gasteiger partial charge in [-0.15, -0.1) is 0 Å². The van der Waals surface area contributed by atoms with Crippen LogP contribution in [0.2, 0.25) is 0 Å². The molecule has 9 heavy (non-hydrogen) atoms. The van der Waals surface area contributed by atoms with Crippen LogP contribution < -0.4 is 0 Å². The Bertz CT molecular complexity index is 97.2. The first-order valence-corrected chi connectivity index (χ1v) is 3.80. The van der Waals surface area contributed by atoms with Crippen molar-refractivity contribution in [2.24, 2.45) is 0 Å². The highest BCUT2D eigenvalue weighted by atomic mass is 13.9. The Kier molecular flexibility index (Phi) is 3.20. The zero-order valence-corrected chi connectivity index (χ0v) is 5.84. The largest absolute Gasteiger partial charge is 0.0885 e. The predicted octanol–water partition coefficient (Wildman–Crippen LogP) is 3.06. The summed E-state index contributed by atoms with van der Waals surface area (Å²) in [7, 11) is 0. The van der Waals surface area contributed by atoms with E-state index in [1.54, 1.807) is 0 Å². The third-order valence-corrected chi connectivity index (χ3v) is 1.57. The van der Waals surface area contributed by atoms with Crippen molar-refractivity contribution in [2.75, 3.05) is 0 Å². The molecule has 0 bridgehead atoms. The summed E-state index contributed by atoms with van der Waals surface area (Å²) in [6, 6.07) is 0. The van der Waals surface area contributed by atoms with Gasteiger partial charge >= 0.3 is 0 Å². The second-order valence-electron chi connectivity index (χ2n) is 2.45. The number of hydrogen-bond acceptors (Lipinski definition) is 0. The van der Waals surface area contributed by atoms with Crippen molar-refractivity contribution in [3.05, 3.63) is 24.3 Å². The van der Waals surface area contributed by atoms with Gasteiger partial charge in [-0.2, -0.15) is 0 Å². The monoisotopic (exact) mass is 122 g/mol. The molecule has 50 valence electrons. The van der Waals surface area contributed by atoms with Crippen LogP contribution in [0.5, 0.6) is 0 Å². The van der Waals surface area contributed by atoms with Crippen molar-refractivity contribution in [1.82, 2.24) is 0 Å². The van der Waals surface area contributed by atoms with Gasteiger partial charge < -0.3 is 0 Å². The summed E-state index contributed by atoms with van der Waals surface area (Å²) in [5, 5.41) is 0. The topological polar surface area (TPSA) is 0 Å². The molecule has 2 rings (SSSR count). The first-order valence-electron chi connectivity index (χ1n) is 3.80. The lowest BCUT2D eigenvalue weighted by molar-refractivity contribution is 0.929. The van der Waals surface area contributed by atoms with Gasteiger partial charge in [0.25, 0.3) is 0 Å². The summed E-state index contributed by atoms with van der Waals surface area (Å²) >= 11 is 0. The summed E-state index contributed by atoms with van der Waals surface area (Å²) in [6.45, 7) is 0. The molecule has 0 heterocycles. The Labute approximate surface area is 57.3 Å². The van der Waals surface area contributed by atoms with Crippen LogP contribution in [-0.2, 0) is 0 Å². The van der Waals surface area contributed by atoms with E-state index in [4.69, 9.17) is 0 Å². The molecule has 0 radical (unpaired) electrons. The molecule has 0 saturated carbocycles. The van der Waals surface area contributed by atoms with Crippen molar-refractivity contribution in [2.45, 2.75) is 32.1 Å². The SMILES string of the molecule is C1=CCC1.C1=CCCC1. The van der Waals surface area contributed by atoms with Crippen LogP contribution >= 0.6 is 0 Å². The normalized spacial score (nSPS) is 20.4. The van der Waals surface area contributed by atoms with E-state index < -0.39 is 0 Å². The molecule has 2 aliphatic rings. The zero-order valence-electron chi connectivity index (χ0n) is 5.84. The Morgan fingerprint density at radius 3 is 1.00 bits per heavy atom. The van der Waals surface area contributed by atoms with E-state index in [0.717, 1.165) is 0 Å². The van der Waals surface area contributed by atoms with Crippen molar-refractivity contribution in [3.8, 4) is 0 Å². The van der Waals surface area contributed by atoms with Gasteiger partial charge in [-0.25, -0.2) is 0 Å². The molecule has 0 unspecified atom stereocenters. The van der Waals surface area contributed by atoms with E-state index in [-0.39, 0.29) is 0 Å². The van der Waals surface area contributed by atoms with Gasteiger partial charge in [-0.05, 0) is 32.1 Å². The van der Waals surface area contributed by atoms with Crippen LogP contribution in [-0.4, -0.2) is 0 Å². The van der Waals surface area contributed by atoms with Crippen LogP contribution in [0.4, 0.5) is 0 Å². The van der Waals surface area contributed by atoms with Gasteiger partial charge in [0.15, 0.2) is 0 Å². The van der Waals surface area contributed by atoms with E-state index in [2.05, 4.69) is 24.3 Å². The molecule has 0 heteroatoms. The van der Waals surface area contributed by atoms with Crippen molar-refractivity contribution in [3.63, 3.8) is 0 Å². The lowest BCUT2D eigenvalue weighted by atomic mass is 10.1. The predicted molar refractivity (Wildman–Crippen MR) is 41.4 cm³/mol. The Morgan fingerprint density at radius 2 is 0.889 bits per heavy atom. The van der Waals surface area contributed by atoms with E-state index in [1.165, 1.54) is 32.1 Å². The van der Waals surface area contributed by atoms with Crippen molar-refractivity contribution < 1.29 is 0 Å². The molecular weight excluding hydrogens is 108 g/mol. The quantitative estimate of drug-likeness (QED) is 0.433. The summed E-state index contributed by atoms with van der Waals surface area (Å²) in [5.74, 6) is 0. The minimum Gasteiger partial charge on any atom is -0.0885 e. The highest BCUT2D eigenvalue weighted by molar-refractivity contribution is 4.93. The molecule has 0 aromatic rings. The van der Waals surface area contributed by atoms with Crippen LogP contribution in [0.15, 0.2) is 24.3 Å². The maximum atomic E-state index is 2.24. The van der Waals surface area contributed by atoms with Crippen LogP contribution in [0.1, 0.15) is 32.1 Å². The highest BCUT2D eigenvalue weighted by Crippen LogP contribution is 2.05. The Balaban J connectivity index is 0.0000000922. The Hall–Kier alpha value is -0.520. The van der Waals surface area contributed by atoms with Gasteiger partial charge in [0, 0.05) is 0 Å². The minimum absolute atomic E-state index is 1.32. The third-order valence-electron chi connectivity index (χ3n) is 1.57.